The first-order valence-corrected chi connectivity index (χ1v) is 19.0. The van der Waals surface area contributed by atoms with Crippen molar-refractivity contribution in [3.63, 3.8) is 0 Å². The minimum absolute atomic E-state index is 0.0228. The lowest BCUT2D eigenvalue weighted by molar-refractivity contribution is -0.131. The van der Waals surface area contributed by atoms with E-state index in [2.05, 4.69) is 31.1 Å². The summed E-state index contributed by atoms with van der Waals surface area (Å²) in [6.45, 7) is 3.27. The highest BCUT2D eigenvalue weighted by molar-refractivity contribution is 6.02. The van der Waals surface area contributed by atoms with Gasteiger partial charge in [-0.2, -0.15) is 5.10 Å². The second-order valence-corrected chi connectivity index (χ2v) is 13.9. The molecule has 0 bridgehead atoms. The molecule has 14 nitrogen and oxygen atoms in total. The first kappa shape index (κ1) is 42.2. The van der Waals surface area contributed by atoms with Gasteiger partial charge in [0.05, 0.1) is 42.1 Å². The van der Waals surface area contributed by atoms with Crippen molar-refractivity contribution in [3.05, 3.63) is 123 Å². The maximum atomic E-state index is 14.9. The number of ether oxygens (including phenoxy) is 1. The lowest BCUT2D eigenvalue weighted by Crippen LogP contribution is -2.52. The predicted octanol–water partition coefficient (Wildman–Crippen LogP) is 3.80. The van der Waals surface area contributed by atoms with Gasteiger partial charge in [0.2, 0.25) is 18.2 Å². The molecule has 308 valence electrons. The average molecular weight is 813 g/mol. The fourth-order valence-electron chi connectivity index (χ4n) is 6.69. The van der Waals surface area contributed by atoms with Crippen molar-refractivity contribution in [3.8, 4) is 11.1 Å². The molecule has 0 atom stereocenters. The third-order valence-corrected chi connectivity index (χ3v) is 9.62. The van der Waals surface area contributed by atoms with E-state index in [-0.39, 0.29) is 87.3 Å². The molecule has 0 spiro atoms. The number of pyridine rings is 1. The summed E-state index contributed by atoms with van der Waals surface area (Å²) in [5, 5.41) is 16.2. The molecule has 3 aromatic carbocycles. The summed E-state index contributed by atoms with van der Waals surface area (Å²) >= 11 is 0. The van der Waals surface area contributed by atoms with Crippen molar-refractivity contribution in [2.75, 3.05) is 64.3 Å². The molecule has 4 amide bonds. The number of alkyl halides is 2. The highest BCUT2D eigenvalue weighted by Gasteiger charge is 2.27. The first-order chi connectivity index (χ1) is 28.5. The second-order valence-electron chi connectivity index (χ2n) is 13.9. The van der Waals surface area contributed by atoms with Crippen molar-refractivity contribution in [1.82, 2.24) is 35.6 Å². The fraction of sp³-hybridized carbons (Fsp3) is 0.310. The summed E-state index contributed by atoms with van der Waals surface area (Å²) in [6, 6.07) is 19.5. The Kier molecular flexibility index (Phi) is 14.1. The Balaban J connectivity index is 0.898. The van der Waals surface area contributed by atoms with E-state index in [4.69, 9.17) is 4.74 Å². The van der Waals surface area contributed by atoms with Crippen LogP contribution in [0.15, 0.2) is 83.8 Å². The average Bonchev–Trinajstić information content (AvgIpc) is 3.23. The normalized spacial score (nSPS) is 12.8. The molecule has 5 aromatic rings. The van der Waals surface area contributed by atoms with E-state index in [9.17, 15) is 37.1 Å². The van der Waals surface area contributed by atoms with Gasteiger partial charge in [-0.05, 0) is 41.0 Å². The molecule has 17 heteroatoms. The molecule has 1 aliphatic rings. The van der Waals surface area contributed by atoms with E-state index < -0.39 is 36.4 Å². The summed E-state index contributed by atoms with van der Waals surface area (Å²) in [5.41, 5.74) is 2.60. The minimum Gasteiger partial charge on any atom is -0.378 e. The molecule has 1 fully saturated rings. The van der Waals surface area contributed by atoms with Crippen LogP contribution in [0.3, 0.4) is 0 Å². The lowest BCUT2D eigenvalue weighted by atomic mass is 10.0. The fourth-order valence-corrected chi connectivity index (χ4v) is 6.69. The third kappa shape index (κ3) is 11.1. The van der Waals surface area contributed by atoms with Gasteiger partial charge in [-0.1, -0.05) is 48.5 Å². The Labute approximate surface area is 337 Å². The van der Waals surface area contributed by atoms with Gasteiger partial charge < -0.3 is 30.5 Å². The van der Waals surface area contributed by atoms with Crippen molar-refractivity contribution in [2.24, 2.45) is 0 Å². The maximum Gasteiger partial charge on any atom is 0.272 e. The van der Waals surface area contributed by atoms with Crippen molar-refractivity contribution >= 4 is 40.1 Å². The molecule has 0 saturated carbocycles. The zero-order chi connectivity index (χ0) is 41.9. The van der Waals surface area contributed by atoms with Crippen LogP contribution < -0.4 is 21.5 Å². The Morgan fingerprint density at radius 3 is 2.37 bits per heavy atom. The third-order valence-electron chi connectivity index (χ3n) is 9.62. The molecule has 6 rings (SSSR count). The number of anilines is 1. The van der Waals surface area contributed by atoms with E-state index >= 15 is 0 Å². The Morgan fingerprint density at radius 2 is 1.61 bits per heavy atom. The molecule has 4 N–H and O–H groups in total. The number of halogens is 3. The van der Waals surface area contributed by atoms with Crippen molar-refractivity contribution in [1.29, 1.82) is 0 Å². The highest BCUT2D eigenvalue weighted by atomic mass is 19.3. The van der Waals surface area contributed by atoms with Gasteiger partial charge in [0.25, 0.3) is 17.4 Å². The van der Waals surface area contributed by atoms with E-state index in [1.807, 2.05) is 0 Å². The number of H-pyrrole nitrogens is 1. The summed E-state index contributed by atoms with van der Waals surface area (Å²) in [5.74, 6) is -2.25. The number of piperazine rings is 1. The molecule has 1 saturated heterocycles. The van der Waals surface area contributed by atoms with Crippen LogP contribution in [0.1, 0.15) is 44.6 Å². The van der Waals surface area contributed by atoms with E-state index in [1.54, 1.807) is 65.6 Å². The molecule has 0 radical (unpaired) electrons. The smallest absolute Gasteiger partial charge is 0.272 e. The van der Waals surface area contributed by atoms with Gasteiger partial charge in [0.1, 0.15) is 5.82 Å². The van der Waals surface area contributed by atoms with Crippen LogP contribution in [0.4, 0.5) is 18.9 Å². The number of benzene rings is 3. The number of carbonyl (C=O) groups is 4. The van der Waals surface area contributed by atoms with Crippen LogP contribution in [-0.2, 0) is 27.2 Å². The van der Waals surface area contributed by atoms with Gasteiger partial charge in [0.15, 0.2) is 5.69 Å². The van der Waals surface area contributed by atoms with Crippen LogP contribution in [0.5, 0.6) is 0 Å². The van der Waals surface area contributed by atoms with Crippen LogP contribution in [0.2, 0.25) is 0 Å². The number of amides is 4. The summed E-state index contributed by atoms with van der Waals surface area (Å²) < 4.78 is 46.3. The molecular weight excluding hydrogens is 770 g/mol. The van der Waals surface area contributed by atoms with Gasteiger partial charge >= 0.3 is 0 Å². The zero-order valence-corrected chi connectivity index (χ0v) is 32.2. The second kappa shape index (κ2) is 19.8. The van der Waals surface area contributed by atoms with Gasteiger partial charge in [-0.25, -0.2) is 23.3 Å². The molecule has 2 aromatic heterocycles. The van der Waals surface area contributed by atoms with Gasteiger partial charge in [0, 0.05) is 76.2 Å². The summed E-state index contributed by atoms with van der Waals surface area (Å²) in [4.78, 5) is 70.6. The topological polar surface area (TPSA) is 179 Å². The molecule has 0 aliphatic carbocycles. The van der Waals surface area contributed by atoms with Crippen molar-refractivity contribution < 1.29 is 37.1 Å². The van der Waals surface area contributed by atoms with Crippen molar-refractivity contribution in [2.45, 2.75) is 26.2 Å². The number of carbonyl (C=O) groups excluding carboxylic acids is 4. The molecule has 1 aliphatic heterocycles. The monoisotopic (exact) mass is 812 g/mol. The standard InChI is InChI=1S/C42H43F3N8O6/c1-26(54)49-36-23-30(29-6-4-5-27(19-29)22-37(44)45)24-48-39(36)41(57)47-12-18-59-17-11-46-25-38(55)52-13-15-53(16-14-52)42(58)33-20-28(9-10-34(33)43)21-35-31-7-2-3-8-32(31)40(56)51-50-35/h2-10,19-20,23-24,37,46H,11-18,21-22,25H2,1H3,(H,47,57)(H,49,54)(H,51,56). The number of hydrogen-bond acceptors (Lipinski definition) is 9. The number of rotatable bonds is 16. The largest absolute Gasteiger partial charge is 0.378 e. The minimum atomic E-state index is -2.50. The van der Waals surface area contributed by atoms with E-state index in [0.29, 0.717) is 45.3 Å². The summed E-state index contributed by atoms with van der Waals surface area (Å²) in [6.07, 6.45) is -1.19. The first-order valence-electron chi connectivity index (χ1n) is 19.0. The van der Waals surface area contributed by atoms with Crippen LogP contribution in [-0.4, -0.2) is 114 Å². The Hall–Kier alpha value is -6.46. The molecule has 3 heterocycles. The maximum absolute atomic E-state index is 14.9. The number of aromatic amines is 1. The molecule has 59 heavy (non-hydrogen) atoms. The quantitative estimate of drug-likeness (QED) is 0.108. The lowest BCUT2D eigenvalue weighted by Gasteiger charge is -2.35. The zero-order valence-electron chi connectivity index (χ0n) is 32.2. The van der Waals surface area contributed by atoms with Gasteiger partial charge in [-0.3, -0.25) is 24.0 Å². The van der Waals surface area contributed by atoms with Crippen LogP contribution in [0.25, 0.3) is 21.9 Å². The van der Waals surface area contributed by atoms with Crippen LogP contribution >= 0.6 is 0 Å². The van der Waals surface area contributed by atoms with Crippen LogP contribution in [0, 0.1) is 5.82 Å². The van der Waals surface area contributed by atoms with E-state index in [1.165, 1.54) is 30.2 Å². The highest BCUT2D eigenvalue weighted by Crippen LogP contribution is 2.26. The number of nitrogens with zero attached hydrogens (tertiary/aromatic N) is 4. The predicted molar refractivity (Wildman–Crippen MR) is 214 cm³/mol. The Morgan fingerprint density at radius 1 is 0.864 bits per heavy atom. The van der Waals surface area contributed by atoms with E-state index in [0.717, 1.165) is 0 Å². The van der Waals surface area contributed by atoms with Gasteiger partial charge in [-0.15, -0.1) is 0 Å². The number of aromatic nitrogens is 3. The summed E-state index contributed by atoms with van der Waals surface area (Å²) in [7, 11) is 0. The Bertz CT molecular complexity index is 2380. The SMILES string of the molecule is CC(=O)Nc1cc(-c2cccc(CC(F)F)c2)cnc1C(=O)NCCOCCNCC(=O)N1CCN(C(=O)c2cc(Cc3n[nH]c(=O)c4ccccc34)ccc2F)CC1. The number of hydrogen-bond donors (Lipinski definition) is 4. The molecular formula is C42H43F3N8O6. The number of fused-ring (bicyclic) bond motifs is 1. The number of nitrogens with one attached hydrogen (secondary N) is 4. The molecule has 0 unspecified atom stereocenters.